The number of hydrogen-bond donors (Lipinski definition) is 1. The van der Waals surface area contributed by atoms with Crippen LogP contribution in [0, 0.1) is 13.8 Å². The first kappa shape index (κ1) is 14.0. The fourth-order valence-electron chi connectivity index (χ4n) is 1.50. The first-order valence-corrected chi connectivity index (χ1v) is 6.17. The molecule has 0 amide bonds. The molecule has 17 heavy (non-hydrogen) atoms. The van der Waals surface area contributed by atoms with Gasteiger partial charge in [0.2, 0.25) is 0 Å². The monoisotopic (exact) mass is 237 g/mol. The van der Waals surface area contributed by atoms with Crippen LogP contribution in [0.3, 0.4) is 0 Å². The van der Waals surface area contributed by atoms with E-state index >= 15 is 0 Å². The predicted octanol–water partition coefficient (Wildman–Crippen LogP) is 2.31. The van der Waals surface area contributed by atoms with Gasteiger partial charge in [-0.1, -0.05) is 12.1 Å². The van der Waals surface area contributed by atoms with Gasteiger partial charge in [0.05, 0.1) is 13.2 Å². The van der Waals surface area contributed by atoms with E-state index in [2.05, 4.69) is 25.2 Å². The molecule has 1 aromatic rings. The summed E-state index contributed by atoms with van der Waals surface area (Å²) in [6.07, 6.45) is 0.928. The Morgan fingerprint density at radius 3 is 2.71 bits per heavy atom. The van der Waals surface area contributed by atoms with Crippen LogP contribution in [0.5, 0.6) is 5.75 Å². The number of nitrogens with one attached hydrogen (secondary N) is 1. The van der Waals surface area contributed by atoms with E-state index in [1.807, 2.05) is 19.2 Å². The molecular formula is C14H23NO2. The highest BCUT2D eigenvalue weighted by molar-refractivity contribution is 5.38. The highest BCUT2D eigenvalue weighted by Crippen LogP contribution is 2.20. The second kappa shape index (κ2) is 8.09. The Bertz CT molecular complexity index is 326. The third kappa shape index (κ3) is 5.20. The molecule has 0 saturated heterocycles. The van der Waals surface area contributed by atoms with Gasteiger partial charge in [0.15, 0.2) is 0 Å². The first-order chi connectivity index (χ1) is 8.25. The zero-order chi connectivity index (χ0) is 12.5. The highest BCUT2D eigenvalue weighted by Gasteiger charge is 2.00. The molecule has 0 atom stereocenters. The summed E-state index contributed by atoms with van der Waals surface area (Å²) in [7, 11) is 1.92. The van der Waals surface area contributed by atoms with Crippen molar-refractivity contribution < 1.29 is 9.47 Å². The maximum Gasteiger partial charge on any atom is 0.122 e. The second-order valence-electron chi connectivity index (χ2n) is 4.12. The molecule has 0 fully saturated rings. The predicted molar refractivity (Wildman–Crippen MR) is 70.8 cm³/mol. The normalized spacial score (nSPS) is 10.5. The summed E-state index contributed by atoms with van der Waals surface area (Å²) in [4.78, 5) is 0. The van der Waals surface area contributed by atoms with E-state index < -0.39 is 0 Å². The van der Waals surface area contributed by atoms with Crippen LogP contribution in [-0.4, -0.2) is 33.4 Å². The van der Waals surface area contributed by atoms with Crippen LogP contribution in [0.15, 0.2) is 18.2 Å². The minimum Gasteiger partial charge on any atom is -0.493 e. The summed E-state index contributed by atoms with van der Waals surface area (Å²) < 4.78 is 11.2. The smallest absolute Gasteiger partial charge is 0.122 e. The lowest BCUT2D eigenvalue weighted by atomic mass is 10.1. The van der Waals surface area contributed by atoms with Crippen molar-refractivity contribution in [3.05, 3.63) is 29.3 Å². The third-order valence-corrected chi connectivity index (χ3v) is 2.74. The molecule has 0 spiro atoms. The second-order valence-corrected chi connectivity index (χ2v) is 4.12. The standard InChI is InChI=1S/C14H23NO2/c1-12-6-4-7-14(13(12)2)17-10-5-9-16-11-8-15-3/h4,6-7,15H,5,8-11H2,1-3H3. The SMILES string of the molecule is CNCCOCCCOc1cccc(C)c1C. The fourth-order valence-corrected chi connectivity index (χ4v) is 1.50. The van der Waals surface area contributed by atoms with Crippen molar-refractivity contribution in [2.75, 3.05) is 33.4 Å². The van der Waals surface area contributed by atoms with Crippen LogP contribution in [0.4, 0.5) is 0 Å². The van der Waals surface area contributed by atoms with Crippen LogP contribution in [0.25, 0.3) is 0 Å². The summed E-state index contributed by atoms with van der Waals surface area (Å²) in [5.74, 6) is 0.986. The summed E-state index contributed by atoms with van der Waals surface area (Å²) in [6.45, 7) is 7.32. The molecule has 1 aromatic carbocycles. The average molecular weight is 237 g/mol. The van der Waals surface area contributed by atoms with Gasteiger partial charge < -0.3 is 14.8 Å². The summed E-state index contributed by atoms with van der Waals surface area (Å²) in [6, 6.07) is 6.15. The van der Waals surface area contributed by atoms with Gasteiger partial charge in [0.25, 0.3) is 0 Å². The Morgan fingerprint density at radius 1 is 1.12 bits per heavy atom. The van der Waals surface area contributed by atoms with Crippen molar-refractivity contribution >= 4 is 0 Å². The Hall–Kier alpha value is -1.06. The van der Waals surface area contributed by atoms with E-state index in [1.165, 1.54) is 11.1 Å². The largest absolute Gasteiger partial charge is 0.493 e. The topological polar surface area (TPSA) is 30.5 Å². The lowest BCUT2D eigenvalue weighted by Gasteiger charge is -2.10. The van der Waals surface area contributed by atoms with Crippen molar-refractivity contribution in [2.45, 2.75) is 20.3 Å². The van der Waals surface area contributed by atoms with Crippen LogP contribution in [0.1, 0.15) is 17.5 Å². The highest BCUT2D eigenvalue weighted by atomic mass is 16.5. The van der Waals surface area contributed by atoms with E-state index in [4.69, 9.17) is 9.47 Å². The Balaban J connectivity index is 2.16. The minimum atomic E-state index is 0.712. The molecule has 0 aromatic heterocycles. The molecule has 96 valence electrons. The fraction of sp³-hybridized carbons (Fsp3) is 0.571. The average Bonchev–Trinajstić information content (AvgIpc) is 2.33. The van der Waals surface area contributed by atoms with E-state index in [1.54, 1.807) is 0 Å². The lowest BCUT2D eigenvalue weighted by Crippen LogP contribution is -2.15. The molecule has 0 heterocycles. The van der Waals surface area contributed by atoms with Gasteiger partial charge in [0, 0.05) is 19.6 Å². The molecule has 0 saturated carbocycles. The number of aryl methyl sites for hydroxylation is 1. The zero-order valence-corrected chi connectivity index (χ0v) is 11.1. The van der Waals surface area contributed by atoms with E-state index in [9.17, 15) is 0 Å². The Kier molecular flexibility index (Phi) is 6.67. The number of rotatable bonds is 8. The summed E-state index contributed by atoms with van der Waals surface area (Å²) in [5.41, 5.74) is 2.50. The molecular weight excluding hydrogens is 214 g/mol. The van der Waals surface area contributed by atoms with Gasteiger partial charge in [-0.3, -0.25) is 0 Å². The Morgan fingerprint density at radius 2 is 1.94 bits per heavy atom. The molecule has 0 aliphatic rings. The van der Waals surface area contributed by atoms with Crippen molar-refractivity contribution in [2.24, 2.45) is 0 Å². The summed E-state index contributed by atoms with van der Waals surface area (Å²) in [5, 5.41) is 3.04. The number of benzene rings is 1. The Labute approximate surface area is 104 Å². The molecule has 0 aliphatic heterocycles. The number of hydrogen-bond acceptors (Lipinski definition) is 3. The van der Waals surface area contributed by atoms with Crippen LogP contribution < -0.4 is 10.1 Å². The van der Waals surface area contributed by atoms with Gasteiger partial charge in [-0.05, 0) is 38.1 Å². The third-order valence-electron chi connectivity index (χ3n) is 2.74. The van der Waals surface area contributed by atoms with Crippen molar-refractivity contribution in [3.63, 3.8) is 0 Å². The van der Waals surface area contributed by atoms with Gasteiger partial charge >= 0.3 is 0 Å². The molecule has 0 aliphatic carbocycles. The molecule has 3 nitrogen and oxygen atoms in total. The van der Waals surface area contributed by atoms with E-state index in [-0.39, 0.29) is 0 Å². The van der Waals surface area contributed by atoms with Gasteiger partial charge in [-0.25, -0.2) is 0 Å². The van der Waals surface area contributed by atoms with Crippen molar-refractivity contribution in [1.82, 2.24) is 5.32 Å². The molecule has 1 rings (SSSR count). The minimum absolute atomic E-state index is 0.712. The zero-order valence-electron chi connectivity index (χ0n) is 11.1. The lowest BCUT2D eigenvalue weighted by molar-refractivity contribution is 0.122. The van der Waals surface area contributed by atoms with E-state index in [0.717, 1.165) is 31.9 Å². The maximum absolute atomic E-state index is 5.73. The van der Waals surface area contributed by atoms with Crippen LogP contribution in [0.2, 0.25) is 0 Å². The molecule has 0 bridgehead atoms. The van der Waals surface area contributed by atoms with Gasteiger partial charge in [-0.2, -0.15) is 0 Å². The first-order valence-electron chi connectivity index (χ1n) is 6.17. The number of likely N-dealkylation sites (N-methyl/N-ethyl adjacent to an activating group) is 1. The van der Waals surface area contributed by atoms with Gasteiger partial charge in [0.1, 0.15) is 5.75 Å². The molecule has 1 N–H and O–H groups in total. The molecule has 3 heteroatoms. The van der Waals surface area contributed by atoms with Crippen LogP contribution in [-0.2, 0) is 4.74 Å². The van der Waals surface area contributed by atoms with Crippen molar-refractivity contribution in [1.29, 1.82) is 0 Å². The molecule has 0 radical (unpaired) electrons. The van der Waals surface area contributed by atoms with E-state index in [0.29, 0.717) is 6.61 Å². The van der Waals surface area contributed by atoms with Gasteiger partial charge in [-0.15, -0.1) is 0 Å². The quantitative estimate of drug-likeness (QED) is 0.704. The van der Waals surface area contributed by atoms with Crippen molar-refractivity contribution in [3.8, 4) is 5.75 Å². The van der Waals surface area contributed by atoms with Crippen LogP contribution >= 0.6 is 0 Å². The maximum atomic E-state index is 5.73. The summed E-state index contributed by atoms with van der Waals surface area (Å²) >= 11 is 0. The number of ether oxygens (including phenoxy) is 2. The molecule has 0 unspecified atom stereocenters.